The van der Waals surface area contributed by atoms with Gasteiger partial charge in [-0.1, -0.05) is 0 Å². The molecule has 102 valence electrons. The van der Waals surface area contributed by atoms with E-state index in [0.29, 0.717) is 6.54 Å². The molecule has 0 aliphatic carbocycles. The predicted octanol–water partition coefficient (Wildman–Crippen LogP) is 2.57. The second kappa shape index (κ2) is 6.42. The van der Waals surface area contributed by atoms with Gasteiger partial charge >= 0.3 is 6.09 Å². The molecule has 5 heteroatoms. The zero-order valence-corrected chi connectivity index (χ0v) is 11.7. The van der Waals surface area contributed by atoms with Crippen LogP contribution in [0.4, 0.5) is 4.79 Å². The molecule has 0 unspecified atom stereocenters. The lowest BCUT2D eigenvalue weighted by Gasteiger charge is -2.19. The quantitative estimate of drug-likeness (QED) is 0.792. The van der Waals surface area contributed by atoms with E-state index in [1.807, 2.05) is 33.9 Å². The summed E-state index contributed by atoms with van der Waals surface area (Å²) in [4.78, 5) is 18.8. The minimum Gasteiger partial charge on any atom is -0.444 e. The van der Waals surface area contributed by atoms with Crippen molar-refractivity contribution >= 4 is 6.09 Å². The molecule has 1 rings (SSSR count). The van der Waals surface area contributed by atoms with Crippen molar-refractivity contribution in [1.82, 2.24) is 15.3 Å². The first kappa shape index (κ1) is 14.5. The zero-order chi connectivity index (χ0) is 13.6. The maximum Gasteiger partial charge on any atom is 0.407 e. The number of amides is 1. The van der Waals surface area contributed by atoms with Gasteiger partial charge in [-0.25, -0.2) is 9.78 Å². The van der Waals surface area contributed by atoms with Gasteiger partial charge in [-0.05, 0) is 40.5 Å². The Balaban J connectivity index is 2.07. The molecule has 0 aliphatic rings. The van der Waals surface area contributed by atoms with Crippen LogP contribution < -0.4 is 5.32 Å². The average Bonchev–Trinajstić information content (AvgIpc) is 2.61. The number of alkyl carbamates (subject to hydrolysis) is 1. The molecule has 0 spiro atoms. The number of hydrogen-bond donors (Lipinski definition) is 2. The van der Waals surface area contributed by atoms with Crippen LogP contribution in [0, 0.1) is 6.92 Å². The number of H-pyrrole nitrogens is 1. The van der Waals surface area contributed by atoms with E-state index in [2.05, 4.69) is 15.3 Å². The molecule has 2 N–H and O–H groups in total. The Hall–Kier alpha value is -1.52. The minimum atomic E-state index is -0.435. The number of rotatable bonds is 5. The lowest BCUT2D eigenvalue weighted by atomic mass is 10.2. The van der Waals surface area contributed by atoms with Gasteiger partial charge in [0.1, 0.15) is 11.4 Å². The largest absolute Gasteiger partial charge is 0.444 e. The molecule has 0 bridgehead atoms. The Morgan fingerprint density at radius 1 is 1.44 bits per heavy atom. The van der Waals surface area contributed by atoms with Gasteiger partial charge in [0.05, 0.1) is 0 Å². The number of ether oxygens (including phenoxy) is 1. The first-order chi connectivity index (χ1) is 8.37. The number of aromatic nitrogens is 2. The van der Waals surface area contributed by atoms with E-state index in [9.17, 15) is 4.79 Å². The molecular formula is C13H23N3O2. The topological polar surface area (TPSA) is 67.0 Å². The molecule has 0 aromatic carbocycles. The Morgan fingerprint density at radius 2 is 2.17 bits per heavy atom. The van der Waals surface area contributed by atoms with E-state index in [1.165, 1.54) is 0 Å². The number of carbonyl (C=O) groups excluding carboxylic acids is 1. The third kappa shape index (κ3) is 6.27. The highest BCUT2D eigenvalue weighted by molar-refractivity contribution is 5.67. The second-order valence-electron chi connectivity index (χ2n) is 5.40. The molecule has 5 nitrogen and oxygen atoms in total. The number of hydrogen-bond acceptors (Lipinski definition) is 3. The van der Waals surface area contributed by atoms with Gasteiger partial charge in [0, 0.05) is 24.9 Å². The van der Waals surface area contributed by atoms with E-state index >= 15 is 0 Å². The van der Waals surface area contributed by atoms with Gasteiger partial charge in [0.2, 0.25) is 0 Å². The molecule has 1 amide bonds. The molecule has 0 fully saturated rings. The number of aryl methyl sites for hydroxylation is 2. The predicted molar refractivity (Wildman–Crippen MR) is 70.5 cm³/mol. The fraction of sp³-hybridized carbons (Fsp3) is 0.692. The van der Waals surface area contributed by atoms with Gasteiger partial charge in [-0.3, -0.25) is 0 Å². The van der Waals surface area contributed by atoms with Crippen LogP contribution in [-0.2, 0) is 11.2 Å². The summed E-state index contributed by atoms with van der Waals surface area (Å²) in [6, 6.07) is 0. The van der Waals surface area contributed by atoms with Crippen LogP contribution >= 0.6 is 0 Å². The SMILES string of the molecule is Cc1cnc(CCCCNC(=O)OC(C)(C)C)[nH]1. The van der Waals surface area contributed by atoms with Crippen LogP contribution in [0.5, 0.6) is 0 Å². The summed E-state index contributed by atoms with van der Waals surface area (Å²) in [6.07, 6.45) is 4.29. The maximum absolute atomic E-state index is 11.3. The van der Waals surface area contributed by atoms with E-state index in [1.54, 1.807) is 0 Å². The van der Waals surface area contributed by atoms with Crippen molar-refractivity contribution in [3.63, 3.8) is 0 Å². The smallest absolute Gasteiger partial charge is 0.407 e. The lowest BCUT2D eigenvalue weighted by Crippen LogP contribution is -2.33. The standard InChI is InChI=1S/C13H23N3O2/c1-10-9-15-11(16-10)7-5-6-8-14-12(17)18-13(2,3)4/h9H,5-8H2,1-4H3,(H,14,17)(H,15,16). The van der Waals surface area contributed by atoms with Crippen molar-refractivity contribution in [2.45, 2.75) is 52.6 Å². The summed E-state index contributed by atoms with van der Waals surface area (Å²) >= 11 is 0. The van der Waals surface area contributed by atoms with Gasteiger partial charge in [-0.2, -0.15) is 0 Å². The molecule has 18 heavy (non-hydrogen) atoms. The number of nitrogens with one attached hydrogen (secondary N) is 2. The first-order valence-electron chi connectivity index (χ1n) is 6.34. The summed E-state index contributed by atoms with van der Waals surface area (Å²) in [5, 5.41) is 2.74. The van der Waals surface area contributed by atoms with E-state index in [0.717, 1.165) is 30.8 Å². The van der Waals surface area contributed by atoms with Crippen molar-refractivity contribution in [3.8, 4) is 0 Å². The maximum atomic E-state index is 11.3. The summed E-state index contributed by atoms with van der Waals surface area (Å²) < 4.78 is 5.14. The summed E-state index contributed by atoms with van der Waals surface area (Å²) in [5.41, 5.74) is 0.646. The highest BCUT2D eigenvalue weighted by atomic mass is 16.6. The molecule has 0 saturated carbocycles. The van der Waals surface area contributed by atoms with Crippen LogP contribution in [0.25, 0.3) is 0 Å². The first-order valence-corrected chi connectivity index (χ1v) is 6.34. The third-order valence-electron chi connectivity index (χ3n) is 2.26. The number of imidazole rings is 1. The van der Waals surface area contributed by atoms with Crippen LogP contribution in [0.1, 0.15) is 45.1 Å². The van der Waals surface area contributed by atoms with Crippen LogP contribution in [-0.4, -0.2) is 28.2 Å². The molecule has 0 radical (unpaired) electrons. The normalized spacial score (nSPS) is 11.3. The summed E-state index contributed by atoms with van der Waals surface area (Å²) in [6.45, 7) is 8.18. The van der Waals surface area contributed by atoms with Gasteiger partial charge in [0.15, 0.2) is 0 Å². The fourth-order valence-electron chi connectivity index (χ4n) is 1.52. The van der Waals surface area contributed by atoms with Crippen molar-refractivity contribution in [1.29, 1.82) is 0 Å². The van der Waals surface area contributed by atoms with E-state index < -0.39 is 5.60 Å². The molecule has 1 heterocycles. The highest BCUT2D eigenvalue weighted by Crippen LogP contribution is 2.06. The Kier molecular flexibility index (Phi) is 5.19. The van der Waals surface area contributed by atoms with Crippen LogP contribution in [0.2, 0.25) is 0 Å². The third-order valence-corrected chi connectivity index (χ3v) is 2.26. The Morgan fingerprint density at radius 3 is 2.72 bits per heavy atom. The number of carbonyl (C=O) groups is 1. The summed E-state index contributed by atoms with van der Waals surface area (Å²) in [5.74, 6) is 1.00. The fourth-order valence-corrected chi connectivity index (χ4v) is 1.52. The van der Waals surface area contributed by atoms with Gasteiger partial charge < -0.3 is 15.0 Å². The summed E-state index contributed by atoms with van der Waals surface area (Å²) in [7, 11) is 0. The molecule has 1 aromatic rings. The van der Waals surface area contributed by atoms with E-state index in [-0.39, 0.29) is 6.09 Å². The number of aromatic amines is 1. The average molecular weight is 253 g/mol. The lowest BCUT2D eigenvalue weighted by molar-refractivity contribution is 0.0527. The Labute approximate surface area is 108 Å². The molecule has 0 aliphatic heterocycles. The van der Waals surface area contributed by atoms with Crippen molar-refractivity contribution in [2.75, 3.05) is 6.54 Å². The van der Waals surface area contributed by atoms with Crippen LogP contribution in [0.3, 0.4) is 0 Å². The molecule has 0 atom stereocenters. The zero-order valence-electron chi connectivity index (χ0n) is 11.7. The van der Waals surface area contributed by atoms with Gasteiger partial charge in [-0.15, -0.1) is 0 Å². The second-order valence-corrected chi connectivity index (χ2v) is 5.40. The molecular weight excluding hydrogens is 230 g/mol. The van der Waals surface area contributed by atoms with Crippen molar-refractivity contribution in [3.05, 3.63) is 17.7 Å². The van der Waals surface area contributed by atoms with Crippen molar-refractivity contribution in [2.24, 2.45) is 0 Å². The minimum absolute atomic E-state index is 0.351. The molecule has 0 saturated heterocycles. The van der Waals surface area contributed by atoms with Crippen molar-refractivity contribution < 1.29 is 9.53 Å². The highest BCUT2D eigenvalue weighted by Gasteiger charge is 2.15. The molecule has 1 aromatic heterocycles. The van der Waals surface area contributed by atoms with E-state index in [4.69, 9.17) is 4.74 Å². The monoisotopic (exact) mass is 253 g/mol. The number of unbranched alkanes of at least 4 members (excludes halogenated alkanes) is 1. The number of nitrogens with zero attached hydrogens (tertiary/aromatic N) is 1. The van der Waals surface area contributed by atoms with Crippen LogP contribution in [0.15, 0.2) is 6.20 Å². The Bertz CT molecular complexity index is 380. The van der Waals surface area contributed by atoms with Gasteiger partial charge in [0.25, 0.3) is 0 Å².